The normalized spacial score (nSPS) is 10.8. The summed E-state index contributed by atoms with van der Waals surface area (Å²) >= 11 is -0.509. The fraction of sp³-hybridized carbons (Fsp3) is 0.188. The lowest BCUT2D eigenvalue weighted by Gasteiger charge is -2.12. The quantitative estimate of drug-likeness (QED) is 0.510. The molecule has 2 amide bonds. The first kappa shape index (κ1) is 20.4. The first-order valence-electron chi connectivity index (χ1n) is 7.47. The van der Waals surface area contributed by atoms with E-state index >= 15 is 0 Å². The van der Waals surface area contributed by atoms with Gasteiger partial charge >= 0.3 is 5.51 Å². The van der Waals surface area contributed by atoms with Gasteiger partial charge in [0, 0.05) is 18.0 Å². The maximum absolute atomic E-state index is 12.5. The van der Waals surface area contributed by atoms with Gasteiger partial charge in [0.25, 0.3) is 11.8 Å². The number of hydrazine groups is 1. The summed E-state index contributed by atoms with van der Waals surface area (Å²) in [5.41, 5.74) is -0.154. The molecule has 2 rings (SSSR count). The molecule has 0 fully saturated rings. The van der Waals surface area contributed by atoms with Crippen LogP contribution in [-0.4, -0.2) is 36.0 Å². The molecular formula is C16H15F3N4O3S. The lowest BCUT2D eigenvalue weighted by Crippen LogP contribution is -2.44. The Kier molecular flexibility index (Phi) is 6.88. The molecule has 0 spiro atoms. The molecule has 7 nitrogen and oxygen atoms in total. The SMILES string of the molecule is COc1ccccc1NCC(=O)NNC(=O)c1cccnc1SC(F)(F)F. The van der Waals surface area contributed by atoms with Gasteiger partial charge in [-0.1, -0.05) is 12.1 Å². The van der Waals surface area contributed by atoms with Crippen LogP contribution in [0.5, 0.6) is 5.75 Å². The number of rotatable bonds is 6. The molecule has 0 saturated heterocycles. The molecule has 3 N–H and O–H groups in total. The minimum atomic E-state index is -4.59. The van der Waals surface area contributed by atoms with E-state index in [1.807, 2.05) is 0 Å². The van der Waals surface area contributed by atoms with Crippen molar-refractivity contribution in [1.82, 2.24) is 15.8 Å². The molecule has 1 heterocycles. The molecular weight excluding hydrogens is 385 g/mol. The number of amides is 2. The zero-order valence-electron chi connectivity index (χ0n) is 14.0. The average molecular weight is 400 g/mol. The van der Waals surface area contributed by atoms with Crippen LogP contribution in [0.25, 0.3) is 0 Å². The van der Waals surface area contributed by atoms with Crippen LogP contribution in [0.1, 0.15) is 10.4 Å². The number of thioether (sulfide) groups is 1. The third-order valence-corrected chi connectivity index (χ3v) is 3.84. The minimum absolute atomic E-state index is 0.197. The van der Waals surface area contributed by atoms with Crippen LogP contribution in [0, 0.1) is 0 Å². The Morgan fingerprint density at radius 3 is 2.59 bits per heavy atom. The van der Waals surface area contributed by atoms with Crippen molar-refractivity contribution in [2.24, 2.45) is 0 Å². The summed E-state index contributed by atoms with van der Waals surface area (Å²) in [6, 6.07) is 9.39. The monoisotopic (exact) mass is 400 g/mol. The van der Waals surface area contributed by atoms with Crippen LogP contribution in [0.15, 0.2) is 47.6 Å². The molecule has 2 aromatic rings. The van der Waals surface area contributed by atoms with Crippen LogP contribution < -0.4 is 20.9 Å². The van der Waals surface area contributed by atoms with Crippen LogP contribution in [-0.2, 0) is 4.79 Å². The highest BCUT2D eigenvalue weighted by Gasteiger charge is 2.32. The molecule has 144 valence electrons. The molecule has 0 atom stereocenters. The number of nitrogens with one attached hydrogen (secondary N) is 3. The highest BCUT2D eigenvalue weighted by Crippen LogP contribution is 2.37. The molecule has 1 aromatic heterocycles. The van der Waals surface area contributed by atoms with Crippen molar-refractivity contribution in [2.45, 2.75) is 10.5 Å². The van der Waals surface area contributed by atoms with Crippen molar-refractivity contribution in [3.05, 3.63) is 48.2 Å². The number of aromatic nitrogens is 1. The molecule has 0 unspecified atom stereocenters. The maximum atomic E-state index is 12.5. The number of benzene rings is 1. The number of carbonyl (C=O) groups is 2. The third kappa shape index (κ3) is 6.37. The highest BCUT2D eigenvalue weighted by molar-refractivity contribution is 8.00. The number of carbonyl (C=O) groups excluding carboxylic acids is 2. The Morgan fingerprint density at radius 2 is 1.89 bits per heavy atom. The zero-order chi connectivity index (χ0) is 19.9. The van der Waals surface area contributed by atoms with Gasteiger partial charge in [0.15, 0.2) is 0 Å². The fourth-order valence-corrected chi connectivity index (χ4v) is 2.56. The van der Waals surface area contributed by atoms with Gasteiger partial charge in [-0.3, -0.25) is 20.4 Å². The number of methoxy groups -OCH3 is 1. The summed E-state index contributed by atoms with van der Waals surface area (Å²) in [5.74, 6) is -0.998. The number of para-hydroxylation sites is 2. The van der Waals surface area contributed by atoms with Gasteiger partial charge in [0.05, 0.1) is 24.9 Å². The molecule has 0 saturated carbocycles. The van der Waals surface area contributed by atoms with E-state index in [-0.39, 0.29) is 12.1 Å². The molecule has 0 bridgehead atoms. The molecule has 0 aliphatic carbocycles. The summed E-state index contributed by atoms with van der Waals surface area (Å²) in [6.45, 7) is -0.197. The van der Waals surface area contributed by atoms with Gasteiger partial charge in [0.2, 0.25) is 0 Å². The van der Waals surface area contributed by atoms with E-state index < -0.39 is 34.1 Å². The smallest absolute Gasteiger partial charge is 0.447 e. The van der Waals surface area contributed by atoms with E-state index in [0.29, 0.717) is 11.4 Å². The standard InChI is InChI=1S/C16H15F3N4O3S/c1-26-12-7-3-2-6-11(12)21-9-13(24)22-23-14(25)10-5-4-8-20-15(10)27-16(17,18)19/h2-8,21H,9H2,1H3,(H,22,24)(H,23,25). The van der Waals surface area contributed by atoms with E-state index in [1.165, 1.54) is 19.2 Å². The maximum Gasteiger partial charge on any atom is 0.447 e. The van der Waals surface area contributed by atoms with Crippen molar-refractivity contribution >= 4 is 29.3 Å². The van der Waals surface area contributed by atoms with E-state index in [9.17, 15) is 22.8 Å². The Hall–Kier alpha value is -2.95. The number of nitrogens with zero attached hydrogens (tertiary/aromatic N) is 1. The zero-order valence-corrected chi connectivity index (χ0v) is 14.8. The second-order valence-electron chi connectivity index (χ2n) is 4.96. The minimum Gasteiger partial charge on any atom is -0.495 e. The molecule has 0 radical (unpaired) electrons. The lowest BCUT2D eigenvalue weighted by molar-refractivity contribution is -0.120. The Labute approximate surface area is 156 Å². The third-order valence-electron chi connectivity index (χ3n) is 3.09. The van der Waals surface area contributed by atoms with Crippen LogP contribution in [0.4, 0.5) is 18.9 Å². The van der Waals surface area contributed by atoms with Gasteiger partial charge in [0.1, 0.15) is 10.8 Å². The van der Waals surface area contributed by atoms with Crippen molar-refractivity contribution in [3.8, 4) is 5.75 Å². The number of halogens is 3. The van der Waals surface area contributed by atoms with Crippen molar-refractivity contribution in [3.63, 3.8) is 0 Å². The predicted molar refractivity (Wildman–Crippen MR) is 93.2 cm³/mol. The molecule has 27 heavy (non-hydrogen) atoms. The van der Waals surface area contributed by atoms with Gasteiger partial charge in [-0.15, -0.1) is 0 Å². The van der Waals surface area contributed by atoms with E-state index in [1.54, 1.807) is 24.3 Å². The summed E-state index contributed by atoms with van der Waals surface area (Å²) in [4.78, 5) is 27.4. The number of hydrogen-bond acceptors (Lipinski definition) is 6. The van der Waals surface area contributed by atoms with Crippen LogP contribution in [0.3, 0.4) is 0 Å². The lowest BCUT2D eigenvalue weighted by atomic mass is 10.3. The number of alkyl halides is 3. The van der Waals surface area contributed by atoms with Crippen molar-refractivity contribution < 1.29 is 27.5 Å². The second-order valence-corrected chi connectivity index (χ2v) is 6.01. The number of ether oxygens (including phenoxy) is 1. The first-order valence-corrected chi connectivity index (χ1v) is 8.28. The molecule has 11 heteroatoms. The van der Waals surface area contributed by atoms with Gasteiger partial charge < -0.3 is 10.1 Å². The van der Waals surface area contributed by atoms with E-state index in [0.717, 1.165) is 6.20 Å². The van der Waals surface area contributed by atoms with Crippen molar-refractivity contribution in [1.29, 1.82) is 0 Å². The van der Waals surface area contributed by atoms with E-state index in [4.69, 9.17) is 4.74 Å². The summed E-state index contributed by atoms with van der Waals surface area (Å²) in [5, 5.41) is 2.31. The van der Waals surface area contributed by atoms with Gasteiger partial charge in [-0.25, -0.2) is 4.98 Å². The largest absolute Gasteiger partial charge is 0.495 e. The summed E-state index contributed by atoms with van der Waals surface area (Å²) in [6.07, 6.45) is 1.14. The molecule has 0 aliphatic rings. The Balaban J connectivity index is 1.91. The van der Waals surface area contributed by atoms with Gasteiger partial charge in [-0.2, -0.15) is 13.2 Å². The fourth-order valence-electron chi connectivity index (χ4n) is 1.96. The number of pyridine rings is 1. The van der Waals surface area contributed by atoms with Crippen LogP contribution >= 0.6 is 11.8 Å². The Morgan fingerprint density at radius 1 is 1.15 bits per heavy atom. The topological polar surface area (TPSA) is 92.4 Å². The van der Waals surface area contributed by atoms with Crippen LogP contribution in [0.2, 0.25) is 0 Å². The molecule has 0 aliphatic heterocycles. The number of hydrogen-bond donors (Lipinski definition) is 3. The summed E-state index contributed by atoms with van der Waals surface area (Å²) < 4.78 is 42.7. The predicted octanol–water partition coefficient (Wildman–Crippen LogP) is 2.58. The number of anilines is 1. The average Bonchev–Trinajstić information content (AvgIpc) is 2.63. The second kappa shape index (κ2) is 9.12. The van der Waals surface area contributed by atoms with E-state index in [2.05, 4.69) is 21.2 Å². The molecule has 1 aromatic carbocycles. The Bertz CT molecular complexity index is 817. The first-order chi connectivity index (χ1) is 12.8. The highest BCUT2D eigenvalue weighted by atomic mass is 32.2. The van der Waals surface area contributed by atoms with Crippen molar-refractivity contribution in [2.75, 3.05) is 19.0 Å². The van der Waals surface area contributed by atoms with Gasteiger partial charge in [-0.05, 0) is 24.3 Å². The summed E-state index contributed by atoms with van der Waals surface area (Å²) in [7, 11) is 1.48.